The zero-order valence-electron chi connectivity index (χ0n) is 14.6. The average molecular weight is 397 g/mol. The Morgan fingerprint density at radius 3 is 2.44 bits per heavy atom. The van der Waals surface area contributed by atoms with E-state index < -0.39 is 33.3 Å². The second-order valence-electron chi connectivity index (χ2n) is 4.92. The third-order valence-electron chi connectivity index (χ3n) is 2.71. The van der Waals surface area contributed by atoms with Crippen LogP contribution in [0.2, 0.25) is 0 Å². The summed E-state index contributed by atoms with van der Waals surface area (Å²) in [5.41, 5.74) is 5.54. The third-order valence-corrected chi connectivity index (χ3v) is 3.14. The number of carbonyl (C=O) groups is 3. The highest BCUT2D eigenvalue weighted by atomic mass is 27.2. The zero-order valence-corrected chi connectivity index (χ0v) is 15.8. The van der Waals surface area contributed by atoms with Gasteiger partial charge in [-0.2, -0.15) is 0 Å². The molecular weight excluding hydrogens is 377 g/mol. The van der Waals surface area contributed by atoms with Crippen LogP contribution in [-0.2, 0) is 13.4 Å². The summed E-state index contributed by atoms with van der Waals surface area (Å²) in [4.78, 5) is 35.5. The van der Waals surface area contributed by atoms with Crippen LogP contribution in [0, 0.1) is 0 Å². The van der Waals surface area contributed by atoms with Crippen molar-refractivity contribution < 1.29 is 31.2 Å². The Labute approximate surface area is 159 Å². The van der Waals surface area contributed by atoms with Gasteiger partial charge in [-0.25, -0.2) is 9.79 Å². The Morgan fingerprint density at radius 2 is 1.96 bits per heavy atom. The highest BCUT2D eigenvalue weighted by Crippen LogP contribution is 2.15. The summed E-state index contributed by atoms with van der Waals surface area (Å²) in [6, 6.07) is 6.02. The highest BCUT2D eigenvalue weighted by Gasteiger charge is 2.33. The van der Waals surface area contributed by atoms with E-state index in [0.29, 0.717) is 6.61 Å². The van der Waals surface area contributed by atoms with Gasteiger partial charge in [0.2, 0.25) is 12.1 Å². The van der Waals surface area contributed by atoms with Gasteiger partial charge < -0.3 is 33.2 Å². The maximum absolute atomic E-state index is 11.0. The number of nitrogens with two attached hydrogens (primary N) is 1. The van der Waals surface area contributed by atoms with E-state index >= 15 is 0 Å². The van der Waals surface area contributed by atoms with Crippen LogP contribution in [0.15, 0.2) is 29.3 Å². The summed E-state index contributed by atoms with van der Waals surface area (Å²) < 4.78 is 26.6. The average Bonchev–Trinajstić information content (AvgIpc) is 2.87. The molecule has 13 heteroatoms. The minimum absolute atomic E-state index is 0.0656. The lowest BCUT2D eigenvalue weighted by atomic mass is 10.3. The summed E-state index contributed by atoms with van der Waals surface area (Å²) >= 11 is -3.30. The van der Waals surface area contributed by atoms with Crippen molar-refractivity contribution in [1.82, 2.24) is 10.6 Å². The van der Waals surface area contributed by atoms with E-state index in [-0.39, 0.29) is 11.9 Å². The number of nitrogens with zero attached hydrogens (tertiary/aromatic N) is 1. The number of urea groups is 1. The van der Waals surface area contributed by atoms with Crippen LogP contribution in [0.5, 0.6) is 5.75 Å². The van der Waals surface area contributed by atoms with Gasteiger partial charge in [0.1, 0.15) is 5.75 Å². The SMILES string of the molecule is CCOc1ccc(NC(C)=O)cc1.NC(=O)NC1N=C([O][Al]([OH])[OH])NC1=O. The second kappa shape index (κ2) is 11.0. The Kier molecular flexibility index (Phi) is 9.03. The molecule has 12 nitrogen and oxygen atoms in total. The van der Waals surface area contributed by atoms with Gasteiger partial charge in [0.25, 0.3) is 11.9 Å². The molecular formula is C14H20AlN5O7. The predicted octanol–water partition coefficient (Wildman–Crippen LogP) is -1.50. The highest BCUT2D eigenvalue weighted by molar-refractivity contribution is 6.36. The predicted molar refractivity (Wildman–Crippen MR) is 95.3 cm³/mol. The van der Waals surface area contributed by atoms with Crippen molar-refractivity contribution in [3.8, 4) is 5.75 Å². The molecule has 146 valence electrons. The first-order valence-electron chi connectivity index (χ1n) is 7.69. The number of benzene rings is 1. The first-order chi connectivity index (χ1) is 12.7. The first-order valence-corrected chi connectivity index (χ1v) is 9.19. The van der Waals surface area contributed by atoms with Crippen LogP contribution in [0.3, 0.4) is 0 Å². The maximum atomic E-state index is 11.0. The Morgan fingerprint density at radius 1 is 1.33 bits per heavy atom. The lowest BCUT2D eigenvalue weighted by Crippen LogP contribution is -2.43. The molecule has 0 saturated heterocycles. The van der Waals surface area contributed by atoms with E-state index in [0.717, 1.165) is 11.4 Å². The van der Waals surface area contributed by atoms with E-state index in [1.165, 1.54) is 6.92 Å². The minimum atomic E-state index is -3.30. The monoisotopic (exact) mass is 397 g/mol. The summed E-state index contributed by atoms with van der Waals surface area (Å²) in [6.45, 7) is 4.07. The Hall–Kier alpha value is -2.85. The van der Waals surface area contributed by atoms with E-state index in [1.807, 2.05) is 36.5 Å². The van der Waals surface area contributed by atoms with Crippen molar-refractivity contribution >= 4 is 44.7 Å². The lowest BCUT2D eigenvalue weighted by Gasteiger charge is -2.04. The van der Waals surface area contributed by atoms with Crippen molar-refractivity contribution in [1.29, 1.82) is 0 Å². The Bertz CT molecular complexity index is 696. The van der Waals surface area contributed by atoms with E-state index in [1.54, 1.807) is 0 Å². The van der Waals surface area contributed by atoms with Crippen molar-refractivity contribution in [3.63, 3.8) is 0 Å². The van der Waals surface area contributed by atoms with E-state index in [2.05, 4.69) is 19.4 Å². The lowest BCUT2D eigenvalue weighted by molar-refractivity contribution is -0.120. The van der Waals surface area contributed by atoms with Crippen molar-refractivity contribution in [2.75, 3.05) is 11.9 Å². The van der Waals surface area contributed by atoms with Gasteiger partial charge in [0.15, 0.2) is 0 Å². The molecule has 1 aromatic rings. The molecule has 1 atom stereocenters. The van der Waals surface area contributed by atoms with Gasteiger partial charge in [0, 0.05) is 12.6 Å². The Balaban J connectivity index is 0.000000271. The number of aliphatic imine (C=N–C) groups is 1. The standard InChI is InChI=1S/C10H13NO2.C4H6N4O3.Al.2H2O/c1-3-13-10-6-4-9(5-7-10)11-8(2)12;5-3(10)6-1-2(9)8-4(11)7-1;;;/h4-7H,3H2,1-2H3,(H,11,12);1H,(H3,5,6,10)(H2,7,8,9,11);;2*1H2/q;;+3;;/p-3. The van der Waals surface area contributed by atoms with Crippen LogP contribution < -0.4 is 26.4 Å². The molecule has 1 aliphatic heterocycles. The normalized spacial score (nSPS) is 14.7. The van der Waals surface area contributed by atoms with Gasteiger partial charge in [0.05, 0.1) is 6.61 Å². The van der Waals surface area contributed by atoms with E-state index in [9.17, 15) is 14.4 Å². The number of primary amides is 1. The molecule has 0 fully saturated rings. The molecule has 1 aromatic carbocycles. The smallest absolute Gasteiger partial charge is 0.572 e. The maximum Gasteiger partial charge on any atom is 0.998 e. The fourth-order valence-electron chi connectivity index (χ4n) is 1.78. The van der Waals surface area contributed by atoms with Gasteiger partial charge >= 0.3 is 21.2 Å². The molecule has 1 aliphatic rings. The van der Waals surface area contributed by atoms with Crippen LogP contribution in [0.4, 0.5) is 10.5 Å². The molecule has 2 rings (SSSR count). The van der Waals surface area contributed by atoms with Crippen molar-refractivity contribution in [2.45, 2.75) is 20.0 Å². The van der Waals surface area contributed by atoms with Crippen LogP contribution >= 0.6 is 0 Å². The van der Waals surface area contributed by atoms with E-state index in [4.69, 9.17) is 18.8 Å². The first kappa shape index (κ1) is 22.2. The number of rotatable bonds is 5. The number of amides is 4. The fourth-order valence-corrected chi connectivity index (χ4v) is 2.10. The second-order valence-corrected chi connectivity index (χ2v) is 5.81. The zero-order chi connectivity index (χ0) is 20.4. The van der Waals surface area contributed by atoms with Gasteiger partial charge in [-0.15, -0.1) is 0 Å². The quantitative estimate of drug-likeness (QED) is 0.326. The van der Waals surface area contributed by atoms with Gasteiger partial charge in [-0.3, -0.25) is 14.9 Å². The molecule has 1 unspecified atom stereocenters. The third kappa shape index (κ3) is 8.88. The molecule has 27 heavy (non-hydrogen) atoms. The number of ether oxygens (including phenoxy) is 1. The molecule has 7 N–H and O–H groups in total. The summed E-state index contributed by atoms with van der Waals surface area (Å²) in [7, 11) is 0. The summed E-state index contributed by atoms with van der Waals surface area (Å²) in [5.74, 6) is 0.0919. The topological polar surface area (TPSA) is 185 Å². The largest absolute Gasteiger partial charge is 0.998 e. The number of nitrogens with one attached hydrogen (secondary N) is 3. The van der Waals surface area contributed by atoms with Crippen molar-refractivity contribution in [2.24, 2.45) is 10.7 Å². The van der Waals surface area contributed by atoms with Gasteiger partial charge in [-0.1, -0.05) is 0 Å². The summed E-state index contributed by atoms with van der Waals surface area (Å²) in [6.07, 6.45) is -1.18. The molecule has 0 radical (unpaired) electrons. The molecule has 0 aromatic heterocycles. The molecule has 0 bridgehead atoms. The molecule has 1 heterocycles. The molecule has 0 saturated carbocycles. The van der Waals surface area contributed by atoms with Crippen LogP contribution in [0.1, 0.15) is 13.8 Å². The fraction of sp³-hybridized carbons (Fsp3) is 0.286. The minimum Gasteiger partial charge on any atom is -0.572 e. The number of anilines is 1. The number of hydrogen-bond acceptors (Lipinski definition) is 8. The number of carbonyl (C=O) groups excluding carboxylic acids is 3. The molecule has 0 spiro atoms. The van der Waals surface area contributed by atoms with Gasteiger partial charge in [-0.05, 0) is 31.2 Å². The van der Waals surface area contributed by atoms with Crippen molar-refractivity contribution in [3.05, 3.63) is 24.3 Å². The molecule has 4 amide bonds. The molecule has 0 aliphatic carbocycles. The number of amidine groups is 1. The van der Waals surface area contributed by atoms with Crippen LogP contribution in [-0.4, -0.2) is 60.1 Å². The van der Waals surface area contributed by atoms with Crippen LogP contribution in [0.25, 0.3) is 0 Å². The summed E-state index contributed by atoms with van der Waals surface area (Å²) in [5, 5.41) is 6.76. The number of hydrogen-bond donors (Lipinski definition) is 6.